The molecule has 0 aliphatic carbocycles. The second-order valence-corrected chi connectivity index (χ2v) is 5.20. The number of rotatable bonds is 6. The van der Waals surface area contributed by atoms with Gasteiger partial charge in [-0.2, -0.15) is 0 Å². The lowest BCUT2D eigenvalue weighted by molar-refractivity contribution is 0.141. The van der Waals surface area contributed by atoms with E-state index in [1.54, 1.807) is 0 Å². The molecule has 0 radical (unpaired) electrons. The van der Waals surface area contributed by atoms with Crippen molar-refractivity contribution in [2.24, 2.45) is 0 Å². The van der Waals surface area contributed by atoms with Gasteiger partial charge in [0.15, 0.2) is 0 Å². The number of nitrogens with one attached hydrogen (secondary N) is 1. The summed E-state index contributed by atoms with van der Waals surface area (Å²) in [5, 5.41) is 11.5. The van der Waals surface area contributed by atoms with Gasteiger partial charge in [0.05, 0.1) is 6.54 Å². The highest BCUT2D eigenvalue weighted by Crippen LogP contribution is 2.09. The van der Waals surface area contributed by atoms with Gasteiger partial charge in [-0.3, -0.25) is 0 Å². The van der Waals surface area contributed by atoms with E-state index in [1.807, 2.05) is 54.6 Å². The Bertz CT molecular complexity index is 702. The fourth-order valence-corrected chi connectivity index (χ4v) is 2.16. The van der Waals surface area contributed by atoms with Crippen LogP contribution in [0.4, 0.5) is 4.79 Å². The average molecular weight is 323 g/mol. The number of aryl methyl sites for hydroxylation is 1. The molecule has 2 N–H and O–H groups in total. The van der Waals surface area contributed by atoms with Crippen molar-refractivity contribution in [3.63, 3.8) is 0 Å². The Labute approximate surface area is 142 Å². The van der Waals surface area contributed by atoms with Crippen LogP contribution < -0.4 is 5.32 Å². The van der Waals surface area contributed by atoms with Gasteiger partial charge in [0.25, 0.3) is 0 Å². The predicted molar refractivity (Wildman–Crippen MR) is 93.4 cm³/mol. The molecule has 0 aliphatic rings. The van der Waals surface area contributed by atoms with Crippen LogP contribution in [0.3, 0.4) is 0 Å². The zero-order valence-corrected chi connectivity index (χ0v) is 13.5. The summed E-state index contributed by atoms with van der Waals surface area (Å²) < 4.78 is 5.11. The van der Waals surface area contributed by atoms with Gasteiger partial charge in [-0.25, -0.2) is 4.79 Å². The lowest BCUT2D eigenvalue weighted by Gasteiger charge is -2.05. The number of hydrogen-bond acceptors (Lipinski definition) is 3. The summed E-state index contributed by atoms with van der Waals surface area (Å²) in [5.41, 5.74) is 2.97. The summed E-state index contributed by atoms with van der Waals surface area (Å²) in [6.07, 6.45) is 1.01. The quantitative estimate of drug-likeness (QED) is 0.804. The minimum atomic E-state index is -0.485. The Morgan fingerprint density at radius 2 is 1.83 bits per heavy atom. The normalized spacial score (nSPS) is 9.71. The number of carbonyl (C=O) groups is 1. The third-order valence-corrected chi connectivity index (χ3v) is 3.38. The van der Waals surface area contributed by atoms with Crippen LogP contribution in [0.15, 0.2) is 54.6 Å². The smallest absolute Gasteiger partial charge is 0.408 e. The Morgan fingerprint density at radius 1 is 1.08 bits per heavy atom. The number of alkyl carbamates (subject to hydrolysis) is 1. The van der Waals surface area contributed by atoms with Gasteiger partial charge in [-0.05, 0) is 30.0 Å². The fraction of sp³-hybridized carbons (Fsp3) is 0.250. The molecule has 0 aliphatic heterocycles. The van der Waals surface area contributed by atoms with Crippen molar-refractivity contribution < 1.29 is 14.6 Å². The number of carbonyl (C=O) groups excluding carboxylic acids is 1. The maximum Gasteiger partial charge on any atom is 0.408 e. The third kappa shape index (κ3) is 6.15. The Morgan fingerprint density at radius 3 is 2.62 bits per heavy atom. The van der Waals surface area contributed by atoms with Crippen molar-refractivity contribution >= 4 is 6.09 Å². The SMILES string of the molecule is O=C(NCC#Cc1ccccc1CCCO)OCc1ccccc1. The molecule has 1 amide bonds. The molecule has 0 fully saturated rings. The van der Waals surface area contributed by atoms with Crippen molar-refractivity contribution in [2.45, 2.75) is 19.4 Å². The first-order valence-corrected chi connectivity index (χ1v) is 7.92. The predicted octanol–water partition coefficient (Wildman–Crippen LogP) is 2.89. The first kappa shape index (κ1) is 17.6. The molecule has 24 heavy (non-hydrogen) atoms. The van der Waals surface area contributed by atoms with E-state index in [4.69, 9.17) is 9.84 Å². The van der Waals surface area contributed by atoms with E-state index in [0.29, 0.717) is 6.42 Å². The van der Waals surface area contributed by atoms with Gasteiger partial charge in [0.1, 0.15) is 6.61 Å². The second-order valence-electron chi connectivity index (χ2n) is 5.20. The Kier molecular flexibility index (Phi) is 7.39. The highest BCUT2D eigenvalue weighted by molar-refractivity contribution is 5.67. The minimum Gasteiger partial charge on any atom is -0.445 e. The molecule has 4 nitrogen and oxygen atoms in total. The van der Waals surface area contributed by atoms with Crippen LogP contribution in [0.2, 0.25) is 0 Å². The molecule has 0 bridgehead atoms. The lowest BCUT2D eigenvalue weighted by atomic mass is 10.0. The van der Waals surface area contributed by atoms with Crippen LogP contribution >= 0.6 is 0 Å². The standard InChI is InChI=1S/C20H21NO3/c22-15-7-13-19-11-5-4-10-18(19)12-6-14-21-20(23)24-16-17-8-2-1-3-9-17/h1-5,8-11,22H,7,13-16H2,(H,21,23). The van der Waals surface area contributed by atoms with Gasteiger partial charge >= 0.3 is 6.09 Å². The molecule has 0 saturated heterocycles. The number of ether oxygens (including phenoxy) is 1. The fourth-order valence-electron chi connectivity index (χ4n) is 2.16. The van der Waals surface area contributed by atoms with Gasteiger partial charge in [-0.15, -0.1) is 0 Å². The highest BCUT2D eigenvalue weighted by Gasteiger charge is 2.01. The summed E-state index contributed by atoms with van der Waals surface area (Å²) in [5.74, 6) is 5.97. The monoisotopic (exact) mass is 323 g/mol. The molecule has 0 spiro atoms. The molecule has 4 heteroatoms. The van der Waals surface area contributed by atoms with Crippen LogP contribution in [0.25, 0.3) is 0 Å². The average Bonchev–Trinajstić information content (AvgIpc) is 2.63. The van der Waals surface area contributed by atoms with Gasteiger partial charge < -0.3 is 15.2 Å². The highest BCUT2D eigenvalue weighted by atomic mass is 16.5. The number of aliphatic hydroxyl groups is 1. The van der Waals surface area contributed by atoms with Crippen LogP contribution in [0.5, 0.6) is 0 Å². The molecule has 0 atom stereocenters. The summed E-state index contributed by atoms with van der Waals surface area (Å²) in [4.78, 5) is 11.6. The Hall–Kier alpha value is -2.77. The van der Waals surface area contributed by atoms with Crippen LogP contribution in [0, 0.1) is 11.8 Å². The number of aliphatic hydroxyl groups excluding tert-OH is 1. The second kappa shape index (κ2) is 10.1. The molecule has 0 unspecified atom stereocenters. The van der Waals surface area contributed by atoms with Crippen molar-refractivity contribution in [2.75, 3.05) is 13.2 Å². The maximum atomic E-state index is 11.6. The zero-order chi connectivity index (χ0) is 17.0. The van der Waals surface area contributed by atoms with Crippen LogP contribution in [0.1, 0.15) is 23.1 Å². The zero-order valence-electron chi connectivity index (χ0n) is 13.5. The van der Waals surface area contributed by atoms with E-state index in [-0.39, 0.29) is 19.8 Å². The molecule has 2 rings (SSSR count). The van der Waals surface area contributed by atoms with E-state index >= 15 is 0 Å². The molecule has 2 aromatic carbocycles. The first-order chi connectivity index (χ1) is 11.8. The summed E-state index contributed by atoms with van der Waals surface area (Å²) >= 11 is 0. The summed E-state index contributed by atoms with van der Waals surface area (Å²) in [7, 11) is 0. The van der Waals surface area contributed by atoms with E-state index in [2.05, 4.69) is 17.2 Å². The van der Waals surface area contributed by atoms with Crippen molar-refractivity contribution in [1.82, 2.24) is 5.32 Å². The van der Waals surface area contributed by atoms with Gasteiger partial charge in [-0.1, -0.05) is 60.4 Å². The van der Waals surface area contributed by atoms with Crippen molar-refractivity contribution in [3.05, 3.63) is 71.3 Å². The first-order valence-electron chi connectivity index (χ1n) is 7.92. The van der Waals surface area contributed by atoms with Crippen LogP contribution in [-0.2, 0) is 17.8 Å². The van der Waals surface area contributed by atoms with E-state index in [1.165, 1.54) is 0 Å². The minimum absolute atomic E-state index is 0.163. The molecule has 0 heterocycles. The number of benzene rings is 2. The Balaban J connectivity index is 1.78. The molecule has 0 aromatic heterocycles. The van der Waals surface area contributed by atoms with E-state index in [0.717, 1.165) is 23.1 Å². The van der Waals surface area contributed by atoms with E-state index in [9.17, 15) is 4.79 Å². The molecule has 0 saturated carbocycles. The third-order valence-electron chi connectivity index (χ3n) is 3.38. The van der Waals surface area contributed by atoms with Gasteiger partial charge in [0.2, 0.25) is 0 Å². The lowest BCUT2D eigenvalue weighted by Crippen LogP contribution is -2.24. The molecule has 124 valence electrons. The molecule has 2 aromatic rings. The number of hydrogen-bond donors (Lipinski definition) is 2. The van der Waals surface area contributed by atoms with Crippen LogP contribution in [-0.4, -0.2) is 24.4 Å². The maximum absolute atomic E-state index is 11.6. The summed E-state index contributed by atoms with van der Waals surface area (Å²) in [6, 6.07) is 17.3. The van der Waals surface area contributed by atoms with Gasteiger partial charge in [0, 0.05) is 12.2 Å². The molecular weight excluding hydrogens is 302 g/mol. The number of amides is 1. The van der Waals surface area contributed by atoms with Crippen molar-refractivity contribution in [3.8, 4) is 11.8 Å². The molecular formula is C20H21NO3. The van der Waals surface area contributed by atoms with E-state index < -0.39 is 6.09 Å². The topological polar surface area (TPSA) is 58.6 Å². The van der Waals surface area contributed by atoms with Crippen molar-refractivity contribution in [1.29, 1.82) is 0 Å². The summed E-state index contributed by atoms with van der Waals surface area (Å²) in [6.45, 7) is 0.628. The largest absolute Gasteiger partial charge is 0.445 e.